The van der Waals surface area contributed by atoms with Crippen LogP contribution in [-0.2, 0) is 22.4 Å². The van der Waals surface area contributed by atoms with Gasteiger partial charge in [0, 0.05) is 26.7 Å². The van der Waals surface area contributed by atoms with Crippen molar-refractivity contribution < 1.29 is 14.0 Å². The lowest BCUT2D eigenvalue weighted by Gasteiger charge is -1.98. The van der Waals surface area contributed by atoms with Crippen molar-refractivity contribution >= 4 is 0 Å². The van der Waals surface area contributed by atoms with Crippen molar-refractivity contribution in [3.8, 4) is 0 Å². The van der Waals surface area contributed by atoms with Crippen molar-refractivity contribution in [3.05, 3.63) is 11.7 Å². The van der Waals surface area contributed by atoms with E-state index in [4.69, 9.17) is 14.0 Å². The van der Waals surface area contributed by atoms with Crippen molar-refractivity contribution in [2.75, 3.05) is 33.5 Å². The van der Waals surface area contributed by atoms with E-state index in [-0.39, 0.29) is 0 Å². The number of methoxy groups -OCH3 is 1. The van der Waals surface area contributed by atoms with Crippen molar-refractivity contribution in [2.45, 2.75) is 19.9 Å². The quantitative estimate of drug-likeness (QED) is 0.617. The summed E-state index contributed by atoms with van der Waals surface area (Å²) in [6.45, 7) is 5.32. The van der Waals surface area contributed by atoms with E-state index >= 15 is 0 Å². The van der Waals surface area contributed by atoms with Crippen LogP contribution in [0.5, 0.6) is 0 Å². The van der Waals surface area contributed by atoms with Gasteiger partial charge in [-0.2, -0.15) is 4.98 Å². The molecule has 1 aromatic rings. The largest absolute Gasteiger partial charge is 0.383 e. The second-order valence-electron chi connectivity index (χ2n) is 3.22. The molecular formula is C10H19N3O3. The summed E-state index contributed by atoms with van der Waals surface area (Å²) in [5.74, 6) is 1.29. The van der Waals surface area contributed by atoms with Crippen LogP contribution >= 0.6 is 0 Å². The second-order valence-corrected chi connectivity index (χ2v) is 3.22. The zero-order valence-electron chi connectivity index (χ0n) is 9.86. The maximum atomic E-state index is 5.21. The number of aromatic nitrogens is 2. The molecule has 0 unspecified atom stereocenters. The molecule has 1 rings (SSSR count). The van der Waals surface area contributed by atoms with Gasteiger partial charge in [0.15, 0.2) is 5.82 Å². The molecule has 0 aliphatic heterocycles. The highest BCUT2D eigenvalue weighted by molar-refractivity contribution is 4.86. The van der Waals surface area contributed by atoms with Gasteiger partial charge in [0.1, 0.15) is 0 Å². The first-order chi connectivity index (χ1) is 7.86. The Bertz CT molecular complexity index is 278. The fourth-order valence-corrected chi connectivity index (χ4v) is 1.14. The van der Waals surface area contributed by atoms with Gasteiger partial charge < -0.3 is 19.3 Å². The number of hydrogen-bond acceptors (Lipinski definition) is 6. The molecule has 6 heteroatoms. The SMILES string of the molecule is CCOCCc1noc(CNCCOC)n1. The topological polar surface area (TPSA) is 69.4 Å². The fraction of sp³-hybridized carbons (Fsp3) is 0.800. The lowest BCUT2D eigenvalue weighted by atomic mass is 10.4. The Morgan fingerprint density at radius 1 is 1.38 bits per heavy atom. The zero-order chi connectivity index (χ0) is 11.6. The first kappa shape index (κ1) is 13.1. The molecule has 0 spiro atoms. The molecule has 6 nitrogen and oxygen atoms in total. The molecule has 0 aliphatic rings. The zero-order valence-corrected chi connectivity index (χ0v) is 9.86. The normalized spacial score (nSPS) is 10.9. The maximum absolute atomic E-state index is 5.21. The van der Waals surface area contributed by atoms with E-state index in [2.05, 4.69) is 15.5 Å². The highest BCUT2D eigenvalue weighted by Gasteiger charge is 2.05. The third kappa shape index (κ3) is 5.20. The van der Waals surface area contributed by atoms with Crippen LogP contribution in [0.15, 0.2) is 4.52 Å². The first-order valence-corrected chi connectivity index (χ1v) is 5.45. The smallest absolute Gasteiger partial charge is 0.240 e. The molecule has 0 saturated heterocycles. The summed E-state index contributed by atoms with van der Waals surface area (Å²) >= 11 is 0. The van der Waals surface area contributed by atoms with Gasteiger partial charge in [0.05, 0.1) is 19.8 Å². The second kappa shape index (κ2) is 8.20. The van der Waals surface area contributed by atoms with Crippen molar-refractivity contribution in [3.63, 3.8) is 0 Å². The molecule has 0 amide bonds. The Morgan fingerprint density at radius 3 is 3.00 bits per heavy atom. The average Bonchev–Trinajstić information content (AvgIpc) is 2.73. The van der Waals surface area contributed by atoms with Crippen LogP contribution in [0.3, 0.4) is 0 Å². The number of nitrogens with one attached hydrogen (secondary N) is 1. The van der Waals surface area contributed by atoms with Crippen molar-refractivity contribution in [1.82, 2.24) is 15.5 Å². The minimum absolute atomic E-state index is 0.574. The van der Waals surface area contributed by atoms with Crippen LogP contribution in [-0.4, -0.2) is 43.6 Å². The number of nitrogens with zero attached hydrogens (tertiary/aromatic N) is 2. The first-order valence-electron chi connectivity index (χ1n) is 5.45. The summed E-state index contributed by atoms with van der Waals surface area (Å²) < 4.78 is 15.2. The van der Waals surface area contributed by atoms with E-state index in [1.807, 2.05) is 6.92 Å². The molecular weight excluding hydrogens is 210 g/mol. The molecule has 1 heterocycles. The molecule has 1 N–H and O–H groups in total. The van der Waals surface area contributed by atoms with E-state index in [9.17, 15) is 0 Å². The Labute approximate surface area is 95.3 Å². The molecule has 16 heavy (non-hydrogen) atoms. The molecule has 0 bridgehead atoms. The Hall–Kier alpha value is -0.980. The molecule has 0 atom stereocenters. The predicted octanol–water partition coefficient (Wildman–Crippen LogP) is 0.385. The number of hydrogen-bond donors (Lipinski definition) is 1. The van der Waals surface area contributed by atoms with Gasteiger partial charge in [-0.1, -0.05) is 5.16 Å². The summed E-state index contributed by atoms with van der Waals surface area (Å²) in [5, 5.41) is 6.98. The molecule has 1 aromatic heterocycles. The van der Waals surface area contributed by atoms with E-state index in [1.165, 1.54) is 0 Å². The van der Waals surface area contributed by atoms with Gasteiger partial charge >= 0.3 is 0 Å². The lowest BCUT2D eigenvalue weighted by Crippen LogP contribution is -2.18. The van der Waals surface area contributed by atoms with Gasteiger partial charge in [-0.25, -0.2) is 0 Å². The summed E-state index contributed by atoms with van der Waals surface area (Å²) in [6, 6.07) is 0. The Morgan fingerprint density at radius 2 is 2.25 bits per heavy atom. The Balaban J connectivity index is 2.17. The van der Waals surface area contributed by atoms with Gasteiger partial charge in [0.2, 0.25) is 5.89 Å². The molecule has 0 aliphatic carbocycles. The molecule has 0 radical (unpaired) electrons. The molecule has 0 aromatic carbocycles. The third-order valence-corrected chi connectivity index (χ3v) is 1.94. The van der Waals surface area contributed by atoms with Crippen molar-refractivity contribution in [1.29, 1.82) is 0 Å². The van der Waals surface area contributed by atoms with Crippen molar-refractivity contribution in [2.24, 2.45) is 0 Å². The monoisotopic (exact) mass is 229 g/mol. The van der Waals surface area contributed by atoms with E-state index < -0.39 is 0 Å². The highest BCUT2D eigenvalue weighted by Crippen LogP contribution is 1.98. The maximum Gasteiger partial charge on any atom is 0.240 e. The van der Waals surface area contributed by atoms with Gasteiger partial charge in [0.25, 0.3) is 0 Å². The molecule has 0 fully saturated rings. The van der Waals surface area contributed by atoms with Crippen LogP contribution in [0.1, 0.15) is 18.6 Å². The van der Waals surface area contributed by atoms with Crippen LogP contribution < -0.4 is 5.32 Å². The van der Waals surface area contributed by atoms with Crippen LogP contribution in [0.25, 0.3) is 0 Å². The lowest BCUT2D eigenvalue weighted by molar-refractivity contribution is 0.149. The fourth-order valence-electron chi connectivity index (χ4n) is 1.14. The minimum atomic E-state index is 0.574. The van der Waals surface area contributed by atoms with Gasteiger partial charge in [-0.05, 0) is 6.92 Å². The molecule has 92 valence electrons. The standard InChI is InChI=1S/C10H19N3O3/c1-3-15-6-4-9-12-10(16-13-9)8-11-5-7-14-2/h11H,3-8H2,1-2H3. The third-order valence-electron chi connectivity index (χ3n) is 1.94. The van der Waals surface area contributed by atoms with E-state index in [0.29, 0.717) is 44.5 Å². The summed E-state index contributed by atoms with van der Waals surface area (Å²) in [5.41, 5.74) is 0. The van der Waals surface area contributed by atoms with Crippen LogP contribution in [0, 0.1) is 0 Å². The van der Waals surface area contributed by atoms with Crippen LogP contribution in [0.2, 0.25) is 0 Å². The summed E-state index contributed by atoms with van der Waals surface area (Å²) in [4.78, 5) is 4.22. The highest BCUT2D eigenvalue weighted by atomic mass is 16.5. The summed E-state index contributed by atoms with van der Waals surface area (Å²) in [7, 11) is 1.67. The Kier molecular flexibility index (Phi) is 6.71. The number of ether oxygens (including phenoxy) is 2. The van der Waals surface area contributed by atoms with Gasteiger partial charge in [-0.3, -0.25) is 0 Å². The minimum Gasteiger partial charge on any atom is -0.383 e. The van der Waals surface area contributed by atoms with Crippen LogP contribution in [0.4, 0.5) is 0 Å². The average molecular weight is 229 g/mol. The van der Waals surface area contributed by atoms with E-state index in [1.54, 1.807) is 7.11 Å². The summed E-state index contributed by atoms with van der Waals surface area (Å²) in [6.07, 6.45) is 0.690. The van der Waals surface area contributed by atoms with E-state index in [0.717, 1.165) is 6.54 Å². The number of rotatable bonds is 9. The molecule has 0 saturated carbocycles. The predicted molar refractivity (Wildman–Crippen MR) is 58.1 cm³/mol. The van der Waals surface area contributed by atoms with Gasteiger partial charge in [-0.15, -0.1) is 0 Å².